The number of rotatable bonds is 3. The third-order valence-electron chi connectivity index (χ3n) is 3.85. The Bertz CT molecular complexity index is 766. The highest BCUT2D eigenvalue weighted by Crippen LogP contribution is 2.38. The van der Waals surface area contributed by atoms with Gasteiger partial charge < -0.3 is 10.3 Å². The van der Waals surface area contributed by atoms with Gasteiger partial charge in [-0.15, -0.1) is 17.5 Å². The van der Waals surface area contributed by atoms with E-state index in [1.54, 1.807) is 4.68 Å². The lowest BCUT2D eigenvalue weighted by atomic mass is 9.77. The minimum atomic E-state index is -0.439. The summed E-state index contributed by atoms with van der Waals surface area (Å²) in [5, 5.41) is 15.2. The van der Waals surface area contributed by atoms with Crippen molar-refractivity contribution in [2.75, 3.05) is 0 Å². The first kappa shape index (κ1) is 14.6. The highest BCUT2D eigenvalue weighted by atomic mass is 35.5. The van der Waals surface area contributed by atoms with Gasteiger partial charge in [-0.2, -0.15) is 9.67 Å². The van der Waals surface area contributed by atoms with Crippen LogP contribution in [0, 0.1) is 0 Å². The molecule has 22 heavy (non-hydrogen) atoms. The van der Waals surface area contributed by atoms with Crippen molar-refractivity contribution >= 4 is 12.4 Å². The molecule has 0 unspecified atom stereocenters. The summed E-state index contributed by atoms with van der Waals surface area (Å²) >= 11 is 0. The zero-order chi connectivity index (χ0) is 14.3. The fourth-order valence-electron chi connectivity index (χ4n) is 2.44. The van der Waals surface area contributed by atoms with Gasteiger partial charge in [-0.05, 0) is 41.8 Å². The molecule has 114 valence electrons. The summed E-state index contributed by atoms with van der Waals surface area (Å²) < 4.78 is 6.94. The molecule has 8 nitrogen and oxygen atoms in total. The molecule has 0 aliphatic heterocycles. The van der Waals surface area contributed by atoms with Crippen molar-refractivity contribution in [3.05, 3.63) is 36.4 Å². The van der Waals surface area contributed by atoms with Crippen LogP contribution in [0.15, 0.2) is 35.1 Å². The summed E-state index contributed by atoms with van der Waals surface area (Å²) in [4.78, 5) is 4.46. The van der Waals surface area contributed by atoms with Gasteiger partial charge in [-0.1, -0.05) is 17.3 Å². The van der Waals surface area contributed by atoms with E-state index in [1.807, 2.05) is 24.3 Å². The fraction of sp³-hybridized carbons (Fsp3) is 0.308. The average Bonchev–Trinajstić information content (AvgIpc) is 3.16. The second-order valence-electron chi connectivity index (χ2n) is 5.20. The second kappa shape index (κ2) is 5.47. The topological polar surface area (TPSA) is 109 Å². The highest BCUT2D eigenvalue weighted by molar-refractivity contribution is 5.85. The molecule has 0 radical (unpaired) electrons. The molecular weight excluding hydrogens is 306 g/mol. The number of nitrogens with zero attached hydrogens (tertiary/aromatic N) is 6. The number of nitrogens with two attached hydrogens (primary N) is 1. The highest BCUT2D eigenvalue weighted by Gasteiger charge is 2.39. The van der Waals surface area contributed by atoms with Crippen LogP contribution in [0.2, 0.25) is 0 Å². The normalized spacial score (nSPS) is 15.9. The van der Waals surface area contributed by atoms with Crippen molar-refractivity contribution in [1.82, 2.24) is 30.3 Å². The van der Waals surface area contributed by atoms with Crippen LogP contribution in [0.3, 0.4) is 0 Å². The van der Waals surface area contributed by atoms with Crippen LogP contribution in [-0.2, 0) is 5.54 Å². The molecule has 0 spiro atoms. The van der Waals surface area contributed by atoms with Crippen LogP contribution >= 0.6 is 12.4 Å². The number of tetrazole rings is 1. The summed E-state index contributed by atoms with van der Waals surface area (Å²) in [7, 11) is 0. The Kier molecular flexibility index (Phi) is 3.63. The molecule has 1 aliphatic carbocycles. The maximum atomic E-state index is 6.23. The lowest BCUT2D eigenvalue weighted by Crippen LogP contribution is -2.44. The molecule has 9 heteroatoms. The van der Waals surface area contributed by atoms with Gasteiger partial charge in [0.25, 0.3) is 5.89 Å². The Labute approximate surface area is 132 Å². The van der Waals surface area contributed by atoms with Crippen molar-refractivity contribution in [3.63, 3.8) is 0 Å². The van der Waals surface area contributed by atoms with Gasteiger partial charge >= 0.3 is 0 Å². The minimum Gasteiger partial charge on any atom is -0.334 e. The van der Waals surface area contributed by atoms with Crippen LogP contribution in [0.25, 0.3) is 17.1 Å². The predicted octanol–water partition coefficient (Wildman–Crippen LogP) is 1.47. The molecule has 0 atom stereocenters. The third-order valence-corrected chi connectivity index (χ3v) is 3.85. The van der Waals surface area contributed by atoms with Crippen LogP contribution in [0.4, 0.5) is 0 Å². The van der Waals surface area contributed by atoms with Gasteiger partial charge in [0, 0.05) is 0 Å². The van der Waals surface area contributed by atoms with Gasteiger partial charge in [-0.25, -0.2) is 0 Å². The summed E-state index contributed by atoms with van der Waals surface area (Å²) in [5.74, 6) is 0.989. The zero-order valence-electron chi connectivity index (χ0n) is 11.6. The smallest absolute Gasteiger partial charge is 0.260 e. The fourth-order valence-corrected chi connectivity index (χ4v) is 2.44. The number of para-hydroxylation sites is 1. The molecule has 2 aromatic heterocycles. The first-order chi connectivity index (χ1) is 10.3. The quantitative estimate of drug-likeness (QED) is 0.778. The van der Waals surface area contributed by atoms with E-state index in [0.29, 0.717) is 11.7 Å². The lowest BCUT2D eigenvalue weighted by molar-refractivity contribution is 0.229. The molecule has 1 aromatic carbocycles. The molecule has 2 N–H and O–H groups in total. The Balaban J connectivity index is 0.00000144. The number of aromatic nitrogens is 6. The Morgan fingerprint density at radius 1 is 1.23 bits per heavy atom. The molecule has 1 aliphatic rings. The van der Waals surface area contributed by atoms with E-state index in [4.69, 9.17) is 10.3 Å². The van der Waals surface area contributed by atoms with Gasteiger partial charge in [0.15, 0.2) is 5.82 Å². The van der Waals surface area contributed by atoms with Crippen molar-refractivity contribution in [2.45, 2.75) is 24.8 Å². The average molecular weight is 320 g/mol. The summed E-state index contributed by atoms with van der Waals surface area (Å²) in [6.45, 7) is 0. The molecule has 2 heterocycles. The standard InChI is InChI=1S/C13H13N7O.ClH/c14-13(6-3-7-13)12-16-11(21-17-12)9-4-1-2-5-10(9)20-8-15-18-19-20;/h1-2,4-5,8H,3,6-7,14H2;1H. The van der Waals surface area contributed by atoms with E-state index in [0.717, 1.165) is 30.5 Å². The van der Waals surface area contributed by atoms with Crippen molar-refractivity contribution in [2.24, 2.45) is 5.73 Å². The van der Waals surface area contributed by atoms with E-state index >= 15 is 0 Å². The van der Waals surface area contributed by atoms with Crippen molar-refractivity contribution in [1.29, 1.82) is 0 Å². The van der Waals surface area contributed by atoms with E-state index < -0.39 is 5.54 Å². The van der Waals surface area contributed by atoms with Gasteiger partial charge in [0.1, 0.15) is 6.33 Å². The van der Waals surface area contributed by atoms with Crippen LogP contribution in [0.5, 0.6) is 0 Å². The van der Waals surface area contributed by atoms with Crippen LogP contribution in [0.1, 0.15) is 25.1 Å². The summed E-state index contributed by atoms with van der Waals surface area (Å²) in [5.41, 5.74) is 7.33. The molecule has 0 amide bonds. The third kappa shape index (κ3) is 2.26. The second-order valence-corrected chi connectivity index (χ2v) is 5.20. The molecule has 4 rings (SSSR count). The lowest BCUT2D eigenvalue weighted by Gasteiger charge is -2.34. The van der Waals surface area contributed by atoms with E-state index in [1.165, 1.54) is 6.33 Å². The molecule has 0 saturated heterocycles. The van der Waals surface area contributed by atoms with Crippen molar-refractivity contribution < 1.29 is 4.52 Å². The molecule has 0 bridgehead atoms. The van der Waals surface area contributed by atoms with Gasteiger partial charge in [0.05, 0.1) is 16.8 Å². The van der Waals surface area contributed by atoms with E-state index in [-0.39, 0.29) is 12.4 Å². The zero-order valence-corrected chi connectivity index (χ0v) is 12.4. The number of hydrogen-bond acceptors (Lipinski definition) is 7. The molecule has 1 fully saturated rings. The largest absolute Gasteiger partial charge is 0.334 e. The summed E-state index contributed by atoms with van der Waals surface area (Å²) in [6.07, 6.45) is 4.40. The summed E-state index contributed by atoms with van der Waals surface area (Å²) in [6, 6.07) is 7.57. The monoisotopic (exact) mass is 319 g/mol. The van der Waals surface area contributed by atoms with Gasteiger partial charge in [0.2, 0.25) is 0 Å². The molecule has 3 aromatic rings. The van der Waals surface area contributed by atoms with E-state index in [2.05, 4.69) is 25.7 Å². The number of benzene rings is 1. The van der Waals surface area contributed by atoms with Crippen LogP contribution < -0.4 is 5.73 Å². The maximum absolute atomic E-state index is 6.23. The number of hydrogen-bond donors (Lipinski definition) is 1. The molecule has 1 saturated carbocycles. The first-order valence-electron chi connectivity index (χ1n) is 6.72. The Hall–Kier alpha value is -2.32. The molecular formula is C13H14ClN7O. The van der Waals surface area contributed by atoms with E-state index in [9.17, 15) is 0 Å². The Morgan fingerprint density at radius 3 is 2.73 bits per heavy atom. The predicted molar refractivity (Wildman–Crippen MR) is 79.4 cm³/mol. The van der Waals surface area contributed by atoms with Crippen molar-refractivity contribution in [3.8, 4) is 17.1 Å². The van der Waals surface area contributed by atoms with Gasteiger partial charge in [-0.3, -0.25) is 0 Å². The first-order valence-corrected chi connectivity index (χ1v) is 6.72. The number of halogens is 1. The minimum absolute atomic E-state index is 0. The Morgan fingerprint density at radius 2 is 2.05 bits per heavy atom. The SMILES string of the molecule is Cl.NC1(c2noc(-c3ccccc3-n3cnnn3)n2)CCC1. The maximum Gasteiger partial charge on any atom is 0.260 e. The van der Waals surface area contributed by atoms with Crippen LogP contribution in [-0.4, -0.2) is 30.3 Å².